The summed E-state index contributed by atoms with van der Waals surface area (Å²) >= 11 is 0. The summed E-state index contributed by atoms with van der Waals surface area (Å²) in [7, 11) is 0. The van der Waals surface area contributed by atoms with Gasteiger partial charge in [0.05, 0.1) is 12.4 Å². The van der Waals surface area contributed by atoms with Crippen LogP contribution in [0, 0.1) is 0 Å². The van der Waals surface area contributed by atoms with Gasteiger partial charge in [-0.1, -0.05) is 6.92 Å². The van der Waals surface area contributed by atoms with Gasteiger partial charge < -0.3 is 10.7 Å². The first-order valence-electron chi connectivity index (χ1n) is 4.10. The van der Waals surface area contributed by atoms with Gasteiger partial charge in [-0.2, -0.15) is 0 Å². The van der Waals surface area contributed by atoms with Crippen LogP contribution in [0.1, 0.15) is 25.6 Å². The van der Waals surface area contributed by atoms with E-state index >= 15 is 0 Å². The molecule has 0 radical (unpaired) electrons. The van der Waals surface area contributed by atoms with Crippen molar-refractivity contribution in [1.29, 1.82) is 0 Å². The number of nitrogens with zero attached hydrogens (tertiary/aromatic N) is 2. The zero-order valence-corrected chi connectivity index (χ0v) is 7.25. The van der Waals surface area contributed by atoms with Gasteiger partial charge in [0.25, 0.3) is 0 Å². The molecule has 0 unspecified atom stereocenters. The topological polar surface area (TPSA) is 67.1 Å². The Morgan fingerprint density at radius 3 is 3.17 bits per heavy atom. The number of H-pyrrole nitrogens is 1. The smallest absolute Gasteiger partial charge is 0.127 e. The maximum atomic E-state index is 5.61. The molecule has 4 heteroatoms. The molecule has 3 N–H and O–H groups in total. The van der Waals surface area contributed by atoms with Crippen molar-refractivity contribution in [2.24, 2.45) is 10.7 Å². The number of hydrogen-bond donors (Lipinski definition) is 2. The minimum Gasteiger partial charge on any atom is -0.387 e. The van der Waals surface area contributed by atoms with Crippen molar-refractivity contribution in [1.82, 2.24) is 9.97 Å². The predicted molar refractivity (Wildman–Crippen MR) is 48.8 cm³/mol. The second-order valence-corrected chi connectivity index (χ2v) is 2.59. The Labute approximate surface area is 71.9 Å². The lowest BCUT2D eigenvalue weighted by Crippen LogP contribution is -2.11. The second-order valence-electron chi connectivity index (χ2n) is 2.59. The van der Waals surface area contributed by atoms with Gasteiger partial charge in [0.2, 0.25) is 0 Å². The first kappa shape index (κ1) is 8.77. The normalized spacial score (nSPS) is 11.9. The number of aromatic nitrogens is 2. The molecule has 12 heavy (non-hydrogen) atoms. The fourth-order valence-corrected chi connectivity index (χ4v) is 0.896. The van der Waals surface area contributed by atoms with Gasteiger partial charge >= 0.3 is 0 Å². The lowest BCUT2D eigenvalue weighted by atomic mass is 10.3. The third-order valence-corrected chi connectivity index (χ3v) is 1.49. The third-order valence-electron chi connectivity index (χ3n) is 1.49. The predicted octanol–water partition coefficient (Wildman–Crippen LogP) is 1.07. The maximum absolute atomic E-state index is 5.61. The quantitative estimate of drug-likeness (QED) is 0.519. The average molecular weight is 166 g/mol. The highest BCUT2D eigenvalue weighted by atomic mass is 15.0. The minimum atomic E-state index is 0.554. The Bertz CT molecular complexity index is 238. The lowest BCUT2D eigenvalue weighted by Gasteiger charge is -1.95. The fourth-order valence-electron chi connectivity index (χ4n) is 0.896. The first-order chi connectivity index (χ1) is 5.83. The highest BCUT2D eigenvalue weighted by molar-refractivity contribution is 5.80. The number of hydrogen-bond acceptors (Lipinski definition) is 2. The Morgan fingerprint density at radius 1 is 1.75 bits per heavy atom. The van der Waals surface area contributed by atoms with E-state index in [9.17, 15) is 0 Å². The van der Waals surface area contributed by atoms with Gasteiger partial charge in [0.15, 0.2) is 0 Å². The van der Waals surface area contributed by atoms with Gasteiger partial charge in [-0.25, -0.2) is 4.98 Å². The van der Waals surface area contributed by atoms with Crippen LogP contribution in [0.25, 0.3) is 0 Å². The van der Waals surface area contributed by atoms with Crippen molar-refractivity contribution < 1.29 is 0 Å². The molecule has 0 aromatic carbocycles. The largest absolute Gasteiger partial charge is 0.387 e. The molecule has 0 aliphatic carbocycles. The van der Waals surface area contributed by atoms with Crippen molar-refractivity contribution in [3.05, 3.63) is 18.2 Å². The van der Waals surface area contributed by atoms with E-state index in [2.05, 4.69) is 21.9 Å². The van der Waals surface area contributed by atoms with E-state index in [1.54, 1.807) is 12.4 Å². The van der Waals surface area contributed by atoms with Crippen LogP contribution in [0.4, 0.5) is 0 Å². The van der Waals surface area contributed by atoms with Crippen LogP contribution in [0.15, 0.2) is 17.4 Å². The molecule has 0 aliphatic heterocycles. The highest BCUT2D eigenvalue weighted by Gasteiger charge is 1.92. The van der Waals surface area contributed by atoms with Crippen LogP contribution in [-0.4, -0.2) is 15.8 Å². The number of imidazole rings is 1. The number of aliphatic imine (C=N–C) groups is 1. The zero-order chi connectivity index (χ0) is 8.81. The molecule has 1 rings (SSSR count). The number of nitrogens with one attached hydrogen (secondary N) is 1. The van der Waals surface area contributed by atoms with Gasteiger partial charge in [-0.3, -0.25) is 4.99 Å². The van der Waals surface area contributed by atoms with E-state index in [1.807, 2.05) is 0 Å². The summed E-state index contributed by atoms with van der Waals surface area (Å²) in [4.78, 5) is 11.1. The van der Waals surface area contributed by atoms with Gasteiger partial charge in [0.1, 0.15) is 5.82 Å². The monoisotopic (exact) mass is 166 g/mol. The summed E-state index contributed by atoms with van der Waals surface area (Å²) in [5.74, 6) is 1.56. The van der Waals surface area contributed by atoms with Gasteiger partial charge in [-0.05, 0) is 6.42 Å². The third kappa shape index (κ3) is 2.74. The summed E-state index contributed by atoms with van der Waals surface area (Å²) in [6, 6.07) is 0. The molecule has 0 amide bonds. The van der Waals surface area contributed by atoms with E-state index in [-0.39, 0.29) is 0 Å². The Hall–Kier alpha value is -1.32. The molecule has 1 heterocycles. The van der Waals surface area contributed by atoms with Crippen LogP contribution in [0.5, 0.6) is 0 Å². The van der Waals surface area contributed by atoms with Gasteiger partial charge in [-0.15, -0.1) is 0 Å². The second kappa shape index (κ2) is 4.54. The fraction of sp³-hybridized carbons (Fsp3) is 0.500. The summed E-state index contributed by atoms with van der Waals surface area (Å²) in [5.41, 5.74) is 5.61. The molecule has 0 aliphatic rings. The van der Waals surface area contributed by atoms with Crippen LogP contribution in [-0.2, 0) is 6.54 Å². The summed E-state index contributed by atoms with van der Waals surface area (Å²) in [6.45, 7) is 2.63. The maximum Gasteiger partial charge on any atom is 0.127 e. The standard InChI is InChI=1S/C8H14N4/c1-2-3-7(9)12-6-8-10-4-5-11-8/h4-5H,2-3,6H2,1H3,(H2,9,12)(H,10,11). The molecule has 0 bridgehead atoms. The van der Waals surface area contributed by atoms with Crippen molar-refractivity contribution in [3.63, 3.8) is 0 Å². The minimum absolute atomic E-state index is 0.554. The zero-order valence-electron chi connectivity index (χ0n) is 7.25. The number of amidine groups is 1. The first-order valence-corrected chi connectivity index (χ1v) is 4.10. The molecular formula is C8H14N4. The van der Waals surface area contributed by atoms with E-state index in [4.69, 9.17) is 5.73 Å². The highest BCUT2D eigenvalue weighted by Crippen LogP contribution is 1.93. The van der Waals surface area contributed by atoms with E-state index in [1.165, 1.54) is 0 Å². The van der Waals surface area contributed by atoms with Crippen molar-refractivity contribution in [2.45, 2.75) is 26.3 Å². The Morgan fingerprint density at radius 2 is 2.58 bits per heavy atom. The average Bonchev–Trinajstić information content (AvgIpc) is 2.53. The Kier molecular flexibility index (Phi) is 3.32. The molecule has 4 nitrogen and oxygen atoms in total. The lowest BCUT2D eigenvalue weighted by molar-refractivity contribution is 0.914. The molecule has 66 valence electrons. The molecule has 0 saturated carbocycles. The number of aromatic amines is 1. The van der Waals surface area contributed by atoms with Crippen molar-refractivity contribution in [2.75, 3.05) is 0 Å². The van der Waals surface area contributed by atoms with E-state index in [0.29, 0.717) is 12.4 Å². The summed E-state index contributed by atoms with van der Waals surface area (Å²) in [6.07, 6.45) is 5.38. The van der Waals surface area contributed by atoms with E-state index in [0.717, 1.165) is 18.7 Å². The molecule has 1 aromatic rings. The molecule has 0 saturated heterocycles. The van der Waals surface area contributed by atoms with Crippen LogP contribution < -0.4 is 5.73 Å². The molecule has 0 spiro atoms. The van der Waals surface area contributed by atoms with Crippen molar-refractivity contribution >= 4 is 5.84 Å². The molecule has 1 aromatic heterocycles. The molecule has 0 atom stereocenters. The SMILES string of the molecule is CCCC(N)=NCc1ncc[nH]1. The van der Waals surface area contributed by atoms with E-state index < -0.39 is 0 Å². The van der Waals surface area contributed by atoms with Crippen molar-refractivity contribution in [3.8, 4) is 0 Å². The molecular weight excluding hydrogens is 152 g/mol. The summed E-state index contributed by atoms with van der Waals surface area (Å²) in [5, 5.41) is 0. The van der Waals surface area contributed by atoms with Gasteiger partial charge in [0, 0.05) is 18.8 Å². The van der Waals surface area contributed by atoms with Crippen LogP contribution >= 0.6 is 0 Å². The summed E-state index contributed by atoms with van der Waals surface area (Å²) < 4.78 is 0. The number of nitrogens with two attached hydrogens (primary N) is 1. The van der Waals surface area contributed by atoms with Crippen LogP contribution in [0.3, 0.4) is 0 Å². The number of rotatable bonds is 4. The Balaban J connectivity index is 2.38. The van der Waals surface area contributed by atoms with Crippen LogP contribution in [0.2, 0.25) is 0 Å². The molecule has 0 fully saturated rings.